The summed E-state index contributed by atoms with van der Waals surface area (Å²) in [6.07, 6.45) is 6.84. The summed E-state index contributed by atoms with van der Waals surface area (Å²) in [4.78, 5) is 33.4. The number of likely N-dealkylation sites (tertiary alicyclic amines) is 1. The van der Waals surface area contributed by atoms with Crippen LogP contribution in [0.5, 0.6) is 0 Å². The average molecular weight is 762 g/mol. The number of hydrogen-bond acceptors (Lipinski definition) is 9. The Kier molecular flexibility index (Phi) is 10.6. The fraction of sp³-hybridized carbons (Fsp3) is 0.378. The molecule has 2 aromatic carbocycles. The number of hydrogen-bond donors (Lipinski definition) is 4. The van der Waals surface area contributed by atoms with Gasteiger partial charge in [-0.2, -0.15) is 0 Å². The van der Waals surface area contributed by atoms with Crippen LogP contribution in [0.4, 0.5) is 9.18 Å². The molecule has 0 radical (unpaired) electrons. The Morgan fingerprint density at radius 2 is 1.67 bits per heavy atom. The predicted molar refractivity (Wildman–Crippen MR) is 194 cm³/mol. The number of carbonyl (C=O) groups is 2. The van der Waals surface area contributed by atoms with E-state index in [1.165, 1.54) is 12.6 Å². The number of hydrazine groups is 1. The van der Waals surface area contributed by atoms with Crippen molar-refractivity contribution in [3.05, 3.63) is 101 Å². The lowest BCUT2D eigenvalue weighted by Gasteiger charge is -2.40. The highest BCUT2D eigenvalue weighted by atomic mass is 79.9. The Morgan fingerprint density at radius 1 is 1.00 bits per heavy atom. The fourth-order valence-electron chi connectivity index (χ4n) is 7.04. The Labute approximate surface area is 303 Å². The van der Waals surface area contributed by atoms with Gasteiger partial charge in [0.2, 0.25) is 18.2 Å². The zero-order valence-electron chi connectivity index (χ0n) is 28.8. The van der Waals surface area contributed by atoms with Gasteiger partial charge in [0, 0.05) is 30.0 Å². The van der Waals surface area contributed by atoms with E-state index in [2.05, 4.69) is 59.0 Å². The number of carbonyl (C=O) groups excluding carboxylic acids is 2. The van der Waals surface area contributed by atoms with Gasteiger partial charge < -0.3 is 24.4 Å². The molecular weight excluding hydrogens is 719 g/mol. The van der Waals surface area contributed by atoms with E-state index in [-0.39, 0.29) is 23.2 Å². The van der Waals surface area contributed by atoms with Gasteiger partial charge in [0.25, 0.3) is 0 Å². The second kappa shape index (κ2) is 14.9. The molecule has 7 rings (SSSR count). The van der Waals surface area contributed by atoms with Gasteiger partial charge in [0.05, 0.1) is 16.2 Å². The molecule has 2 amide bonds. The maximum atomic E-state index is 14.2. The van der Waals surface area contributed by atoms with Gasteiger partial charge in [-0.1, -0.05) is 52.3 Å². The van der Waals surface area contributed by atoms with Crippen molar-refractivity contribution in [1.29, 1.82) is 0 Å². The molecule has 2 aliphatic heterocycles. The van der Waals surface area contributed by atoms with Crippen molar-refractivity contribution >= 4 is 39.0 Å². The maximum Gasteiger partial charge on any atom is 0.410 e. The van der Waals surface area contributed by atoms with Crippen molar-refractivity contribution in [2.45, 2.75) is 62.9 Å². The maximum absolute atomic E-state index is 14.2. The van der Waals surface area contributed by atoms with Crippen molar-refractivity contribution in [2.75, 3.05) is 26.2 Å². The molecule has 14 heteroatoms. The van der Waals surface area contributed by atoms with Crippen LogP contribution in [0.2, 0.25) is 0 Å². The standard InChI is InChI=1S/C20H18FN5O.C17H24BrN3O3/c21-16-11-24-18-17(16)15(5-8-23-18)13-1-3-14(4-2-13)20(6-9-22-10-7-20)19-26-25-12-27-19;1-16(2,3)24-15(23)21-10-8-17(9-11-21,14(22)20-19)12-4-6-13(18)7-5-12/h1-5,8,11-12,22H,6-7,9-10H2,(H,23,24);4-7H,8-11,19H2,1-3H3,(H,20,22). The van der Waals surface area contributed by atoms with E-state index in [9.17, 15) is 14.0 Å². The van der Waals surface area contributed by atoms with E-state index < -0.39 is 11.0 Å². The molecule has 2 fully saturated rings. The van der Waals surface area contributed by atoms with E-state index in [4.69, 9.17) is 15.0 Å². The van der Waals surface area contributed by atoms with Crippen LogP contribution in [0.15, 0.2) is 82.3 Å². The normalized spacial score (nSPS) is 16.9. The Bertz CT molecular complexity index is 1950. The van der Waals surface area contributed by atoms with Crippen molar-refractivity contribution < 1.29 is 23.1 Å². The van der Waals surface area contributed by atoms with Gasteiger partial charge in [-0.15, -0.1) is 10.2 Å². The molecular formula is C37H42BrFN8O4. The first-order chi connectivity index (χ1) is 24.5. The molecule has 0 unspecified atom stereocenters. The number of nitrogens with two attached hydrogens (primary N) is 1. The summed E-state index contributed by atoms with van der Waals surface area (Å²) in [6, 6.07) is 17.7. The fourth-order valence-corrected chi connectivity index (χ4v) is 7.30. The summed E-state index contributed by atoms with van der Waals surface area (Å²) in [5, 5.41) is 12.0. The summed E-state index contributed by atoms with van der Waals surface area (Å²) in [5.41, 5.74) is 5.09. The van der Waals surface area contributed by atoms with Crippen molar-refractivity contribution in [1.82, 2.24) is 35.8 Å². The average Bonchev–Trinajstić information content (AvgIpc) is 3.83. The van der Waals surface area contributed by atoms with E-state index in [0.717, 1.165) is 52.7 Å². The molecule has 268 valence electrons. The number of fused-ring (bicyclic) bond motifs is 1. The lowest BCUT2D eigenvalue weighted by Crippen LogP contribution is -2.54. The lowest BCUT2D eigenvalue weighted by molar-refractivity contribution is -0.128. The summed E-state index contributed by atoms with van der Waals surface area (Å²) in [6.45, 7) is 8.18. The number of piperidine rings is 2. The molecule has 2 aliphatic rings. The van der Waals surface area contributed by atoms with Gasteiger partial charge in [0.15, 0.2) is 5.82 Å². The van der Waals surface area contributed by atoms with Gasteiger partial charge in [-0.3, -0.25) is 10.2 Å². The molecule has 0 atom stereocenters. The van der Waals surface area contributed by atoms with Crippen molar-refractivity contribution in [3.63, 3.8) is 0 Å². The van der Waals surface area contributed by atoms with Crippen LogP contribution >= 0.6 is 15.9 Å². The van der Waals surface area contributed by atoms with Crippen LogP contribution in [0.1, 0.15) is 63.5 Å². The number of rotatable bonds is 5. The monoisotopic (exact) mass is 760 g/mol. The minimum absolute atomic E-state index is 0.228. The minimum Gasteiger partial charge on any atom is -0.444 e. The first kappa shape index (κ1) is 36.1. The number of ether oxygens (including phenoxy) is 1. The van der Waals surface area contributed by atoms with Crippen LogP contribution < -0.4 is 16.6 Å². The number of nitrogens with one attached hydrogen (secondary N) is 3. The summed E-state index contributed by atoms with van der Waals surface area (Å²) in [7, 11) is 0. The van der Waals surface area contributed by atoms with Crippen LogP contribution in [0.25, 0.3) is 22.2 Å². The molecule has 0 saturated carbocycles. The number of amides is 2. The van der Waals surface area contributed by atoms with Gasteiger partial charge in [-0.05, 0) is 100.0 Å². The molecule has 2 saturated heterocycles. The Morgan fingerprint density at radius 3 is 2.27 bits per heavy atom. The molecule has 0 spiro atoms. The topological polar surface area (TPSA) is 164 Å². The third kappa shape index (κ3) is 7.53. The van der Waals surface area contributed by atoms with Crippen LogP contribution in [0.3, 0.4) is 0 Å². The number of halogens is 2. The number of benzene rings is 2. The second-order valence-corrected chi connectivity index (χ2v) is 14.8. The predicted octanol–water partition coefficient (Wildman–Crippen LogP) is 6.13. The Balaban J connectivity index is 0.000000177. The third-order valence-corrected chi connectivity index (χ3v) is 10.3. The van der Waals surface area contributed by atoms with Crippen LogP contribution in [-0.4, -0.2) is 68.8 Å². The summed E-state index contributed by atoms with van der Waals surface area (Å²) >= 11 is 3.40. The number of nitrogens with zero attached hydrogens (tertiary/aromatic N) is 4. The van der Waals surface area contributed by atoms with Crippen molar-refractivity contribution in [2.24, 2.45) is 5.84 Å². The number of aromatic amines is 1. The van der Waals surface area contributed by atoms with E-state index in [0.29, 0.717) is 42.9 Å². The molecule has 51 heavy (non-hydrogen) atoms. The van der Waals surface area contributed by atoms with Gasteiger partial charge in [0.1, 0.15) is 11.2 Å². The van der Waals surface area contributed by atoms with E-state index >= 15 is 0 Å². The zero-order chi connectivity index (χ0) is 36.2. The lowest BCUT2D eigenvalue weighted by atomic mass is 9.72. The highest BCUT2D eigenvalue weighted by Gasteiger charge is 2.44. The summed E-state index contributed by atoms with van der Waals surface area (Å²) < 4.78 is 26.2. The zero-order valence-corrected chi connectivity index (χ0v) is 30.4. The second-order valence-electron chi connectivity index (χ2n) is 13.9. The Hall–Kier alpha value is -4.66. The number of aromatic nitrogens is 4. The highest BCUT2D eigenvalue weighted by Crippen LogP contribution is 2.41. The number of pyridine rings is 1. The van der Waals surface area contributed by atoms with Gasteiger partial charge >= 0.3 is 6.09 Å². The van der Waals surface area contributed by atoms with E-state index in [1.807, 2.05) is 63.2 Å². The first-order valence-electron chi connectivity index (χ1n) is 16.9. The molecule has 3 aromatic heterocycles. The molecule has 5 N–H and O–H groups in total. The molecule has 0 aliphatic carbocycles. The molecule has 5 aromatic rings. The molecule has 5 heterocycles. The highest BCUT2D eigenvalue weighted by molar-refractivity contribution is 9.10. The summed E-state index contributed by atoms with van der Waals surface area (Å²) in [5.74, 6) is 5.55. The molecule has 0 bridgehead atoms. The quantitative estimate of drug-likeness (QED) is 0.0938. The van der Waals surface area contributed by atoms with Gasteiger partial charge in [-0.25, -0.2) is 20.0 Å². The first-order valence-corrected chi connectivity index (χ1v) is 17.7. The SMILES string of the molecule is CC(C)(C)OC(=O)N1CCC(C(=O)NN)(c2ccc(Br)cc2)CC1.Fc1c[nH]c2nccc(-c3ccc(C4(c5nnco5)CCNCC4)cc3)c12. The minimum atomic E-state index is -0.728. The largest absolute Gasteiger partial charge is 0.444 e. The van der Waals surface area contributed by atoms with E-state index in [1.54, 1.807) is 11.1 Å². The van der Waals surface area contributed by atoms with Crippen molar-refractivity contribution in [3.8, 4) is 11.1 Å². The third-order valence-electron chi connectivity index (χ3n) is 9.73. The van der Waals surface area contributed by atoms with Crippen LogP contribution in [0, 0.1) is 5.82 Å². The molecule has 12 nitrogen and oxygen atoms in total. The smallest absolute Gasteiger partial charge is 0.410 e. The number of H-pyrrole nitrogens is 1. The van der Waals surface area contributed by atoms with Crippen LogP contribution in [-0.2, 0) is 20.4 Å².